The van der Waals surface area contributed by atoms with Crippen molar-refractivity contribution in [2.75, 3.05) is 11.9 Å². The lowest BCUT2D eigenvalue weighted by atomic mass is 10.0. The quantitative estimate of drug-likeness (QED) is 0.888. The second kappa shape index (κ2) is 7.14. The Kier molecular flexibility index (Phi) is 5.23. The summed E-state index contributed by atoms with van der Waals surface area (Å²) in [6.45, 7) is 6.76. The van der Waals surface area contributed by atoms with Gasteiger partial charge in [0.15, 0.2) is 5.82 Å². The molecule has 2 heterocycles. The van der Waals surface area contributed by atoms with E-state index >= 15 is 0 Å². The highest BCUT2D eigenvalue weighted by Gasteiger charge is 2.13. The molecule has 0 radical (unpaired) electrons. The van der Waals surface area contributed by atoms with Gasteiger partial charge in [-0.25, -0.2) is 4.98 Å². The van der Waals surface area contributed by atoms with Crippen molar-refractivity contribution in [3.63, 3.8) is 0 Å². The summed E-state index contributed by atoms with van der Waals surface area (Å²) in [5.74, 6) is 0.583. The number of hydrogen-bond acceptors (Lipinski definition) is 6. The van der Waals surface area contributed by atoms with E-state index in [1.807, 2.05) is 26.2 Å². The van der Waals surface area contributed by atoms with Crippen LogP contribution in [-0.4, -0.2) is 21.7 Å². The van der Waals surface area contributed by atoms with Gasteiger partial charge in [-0.05, 0) is 25.3 Å². The zero-order valence-corrected chi connectivity index (χ0v) is 13.4. The standard InChI is InChI=1S/C15H19N5S/c1-4-11-12(8-16)15(20-19-13(11)5-2)17-7-6-14-18-10(3)9-21-14/h9H,4-7H2,1-3H3,(H,17,20). The zero-order chi connectivity index (χ0) is 15.2. The van der Waals surface area contributed by atoms with Gasteiger partial charge in [0.1, 0.15) is 11.6 Å². The molecule has 6 heteroatoms. The van der Waals surface area contributed by atoms with Crippen molar-refractivity contribution >= 4 is 17.2 Å². The SMILES string of the molecule is CCc1nnc(NCCc2nc(C)cs2)c(C#N)c1CC. The number of aryl methyl sites for hydroxylation is 2. The van der Waals surface area contributed by atoms with Gasteiger partial charge >= 0.3 is 0 Å². The van der Waals surface area contributed by atoms with Crippen molar-refractivity contribution in [1.29, 1.82) is 5.26 Å². The number of rotatable bonds is 6. The van der Waals surface area contributed by atoms with Crippen molar-refractivity contribution < 1.29 is 0 Å². The molecule has 0 bridgehead atoms. The Labute approximate surface area is 129 Å². The summed E-state index contributed by atoms with van der Waals surface area (Å²) in [6, 6.07) is 2.26. The van der Waals surface area contributed by atoms with E-state index in [0.29, 0.717) is 17.9 Å². The first-order valence-corrected chi connectivity index (χ1v) is 8.00. The zero-order valence-electron chi connectivity index (χ0n) is 12.6. The van der Waals surface area contributed by atoms with E-state index in [1.54, 1.807) is 11.3 Å². The fraction of sp³-hybridized carbons (Fsp3) is 0.467. The molecular weight excluding hydrogens is 282 g/mol. The molecular formula is C15H19N5S. The monoisotopic (exact) mass is 301 g/mol. The first kappa shape index (κ1) is 15.4. The molecule has 0 fully saturated rings. The van der Waals surface area contributed by atoms with Crippen molar-refractivity contribution in [3.8, 4) is 6.07 Å². The van der Waals surface area contributed by atoms with Crippen LogP contribution in [0.1, 0.15) is 41.4 Å². The molecule has 0 saturated carbocycles. The van der Waals surface area contributed by atoms with Crippen molar-refractivity contribution in [2.24, 2.45) is 0 Å². The van der Waals surface area contributed by atoms with Crippen LogP contribution in [-0.2, 0) is 19.3 Å². The summed E-state index contributed by atoms with van der Waals surface area (Å²) in [4.78, 5) is 4.42. The van der Waals surface area contributed by atoms with E-state index in [9.17, 15) is 5.26 Å². The molecule has 0 saturated heterocycles. The summed E-state index contributed by atoms with van der Waals surface area (Å²) < 4.78 is 0. The number of thiazole rings is 1. The van der Waals surface area contributed by atoms with Crippen LogP contribution in [0.5, 0.6) is 0 Å². The Morgan fingerprint density at radius 1 is 1.29 bits per heavy atom. The molecule has 110 valence electrons. The summed E-state index contributed by atoms with van der Waals surface area (Å²) >= 11 is 1.66. The minimum absolute atomic E-state index is 0.583. The molecule has 1 N–H and O–H groups in total. The van der Waals surface area contributed by atoms with Gasteiger partial charge in [0.05, 0.1) is 10.7 Å². The highest BCUT2D eigenvalue weighted by atomic mass is 32.1. The third kappa shape index (κ3) is 3.56. The van der Waals surface area contributed by atoms with Gasteiger partial charge in [-0.15, -0.1) is 16.4 Å². The Bertz CT molecular complexity index is 657. The van der Waals surface area contributed by atoms with Gasteiger partial charge in [-0.2, -0.15) is 10.4 Å². The number of nitriles is 1. The summed E-state index contributed by atoms with van der Waals surface area (Å²) in [6.07, 6.45) is 2.41. The van der Waals surface area contributed by atoms with Gasteiger partial charge in [-0.3, -0.25) is 0 Å². The van der Waals surface area contributed by atoms with E-state index in [-0.39, 0.29) is 0 Å². The van der Waals surface area contributed by atoms with Crippen molar-refractivity contribution in [1.82, 2.24) is 15.2 Å². The maximum absolute atomic E-state index is 9.40. The molecule has 0 spiro atoms. The third-order valence-electron chi connectivity index (χ3n) is 3.26. The van der Waals surface area contributed by atoms with Crippen LogP contribution >= 0.6 is 11.3 Å². The van der Waals surface area contributed by atoms with Gasteiger partial charge in [0.2, 0.25) is 0 Å². The normalized spacial score (nSPS) is 10.4. The van der Waals surface area contributed by atoms with Gasteiger partial charge in [0, 0.05) is 24.0 Å². The van der Waals surface area contributed by atoms with Crippen LogP contribution in [0.4, 0.5) is 5.82 Å². The Balaban J connectivity index is 2.11. The lowest BCUT2D eigenvalue weighted by molar-refractivity contribution is 0.864. The highest BCUT2D eigenvalue weighted by molar-refractivity contribution is 7.09. The fourth-order valence-corrected chi connectivity index (χ4v) is 3.00. The molecule has 0 unspecified atom stereocenters. The number of aromatic nitrogens is 3. The Morgan fingerprint density at radius 2 is 2.10 bits per heavy atom. The lowest BCUT2D eigenvalue weighted by Gasteiger charge is -2.11. The minimum Gasteiger partial charge on any atom is -0.367 e. The summed E-state index contributed by atoms with van der Waals surface area (Å²) in [5.41, 5.74) is 3.59. The molecule has 0 amide bonds. The average molecular weight is 301 g/mol. The van der Waals surface area contributed by atoms with Gasteiger partial charge in [0.25, 0.3) is 0 Å². The topological polar surface area (TPSA) is 74.5 Å². The second-order valence-corrected chi connectivity index (χ2v) is 5.67. The predicted octanol–water partition coefficient (Wildman–Crippen LogP) is 2.89. The number of nitrogens with zero attached hydrogens (tertiary/aromatic N) is 4. The van der Waals surface area contributed by atoms with Gasteiger partial charge < -0.3 is 5.32 Å². The van der Waals surface area contributed by atoms with Crippen LogP contribution in [0.15, 0.2) is 5.38 Å². The molecule has 21 heavy (non-hydrogen) atoms. The molecule has 2 aromatic heterocycles. The fourth-order valence-electron chi connectivity index (χ4n) is 2.22. The Hall–Kier alpha value is -2.00. The molecule has 0 aliphatic heterocycles. The van der Waals surface area contributed by atoms with Crippen LogP contribution in [0, 0.1) is 18.3 Å². The van der Waals surface area contributed by atoms with E-state index < -0.39 is 0 Å². The highest BCUT2D eigenvalue weighted by Crippen LogP contribution is 2.20. The lowest BCUT2D eigenvalue weighted by Crippen LogP contribution is -2.12. The molecule has 0 aliphatic carbocycles. The number of nitrogens with one attached hydrogen (secondary N) is 1. The largest absolute Gasteiger partial charge is 0.367 e. The van der Waals surface area contributed by atoms with Crippen LogP contribution in [0.25, 0.3) is 0 Å². The Morgan fingerprint density at radius 3 is 2.67 bits per heavy atom. The van der Waals surface area contributed by atoms with E-state index in [1.165, 1.54) is 0 Å². The number of hydrogen-bond donors (Lipinski definition) is 1. The summed E-state index contributed by atoms with van der Waals surface area (Å²) in [7, 11) is 0. The predicted molar refractivity (Wildman–Crippen MR) is 84.5 cm³/mol. The van der Waals surface area contributed by atoms with E-state index in [4.69, 9.17) is 0 Å². The van der Waals surface area contributed by atoms with E-state index in [2.05, 4.69) is 26.6 Å². The van der Waals surface area contributed by atoms with Crippen molar-refractivity contribution in [3.05, 3.63) is 32.9 Å². The molecule has 2 rings (SSSR count). The molecule has 5 nitrogen and oxygen atoms in total. The van der Waals surface area contributed by atoms with E-state index in [0.717, 1.165) is 41.2 Å². The molecule has 0 aromatic carbocycles. The first-order valence-electron chi connectivity index (χ1n) is 7.12. The van der Waals surface area contributed by atoms with Crippen molar-refractivity contribution in [2.45, 2.75) is 40.0 Å². The van der Waals surface area contributed by atoms with Gasteiger partial charge in [-0.1, -0.05) is 13.8 Å². The summed E-state index contributed by atoms with van der Waals surface area (Å²) in [5, 5.41) is 24.1. The molecule has 2 aromatic rings. The maximum atomic E-state index is 9.40. The third-order valence-corrected chi connectivity index (χ3v) is 4.28. The minimum atomic E-state index is 0.583. The van der Waals surface area contributed by atoms with Crippen LogP contribution < -0.4 is 5.32 Å². The average Bonchev–Trinajstić information content (AvgIpc) is 2.91. The second-order valence-electron chi connectivity index (χ2n) is 4.73. The maximum Gasteiger partial charge on any atom is 0.166 e. The smallest absolute Gasteiger partial charge is 0.166 e. The number of anilines is 1. The molecule has 0 aliphatic rings. The molecule has 0 atom stereocenters. The van der Waals surface area contributed by atoms with Crippen LogP contribution in [0.2, 0.25) is 0 Å². The van der Waals surface area contributed by atoms with Crippen LogP contribution in [0.3, 0.4) is 0 Å². The first-order chi connectivity index (χ1) is 10.2.